The first-order valence-electron chi connectivity index (χ1n) is 9.59. The molecule has 2 atom stereocenters. The topological polar surface area (TPSA) is 121 Å². The quantitative estimate of drug-likeness (QED) is 0.295. The third kappa shape index (κ3) is 4.24. The zero-order chi connectivity index (χ0) is 22.0. The van der Waals surface area contributed by atoms with Crippen molar-refractivity contribution in [2.45, 2.75) is 19.1 Å². The maximum atomic E-state index is 10.9. The van der Waals surface area contributed by atoms with Crippen molar-refractivity contribution in [1.82, 2.24) is 9.97 Å². The van der Waals surface area contributed by atoms with Gasteiger partial charge in [-0.2, -0.15) is 0 Å². The Balaban J connectivity index is 1.70. The first kappa shape index (κ1) is 20.9. The first-order chi connectivity index (χ1) is 15.0. The van der Waals surface area contributed by atoms with E-state index in [4.69, 9.17) is 0 Å². The SMILES string of the molecule is Cc1nc(NC(CO)C(O)c2ccc([N+](=O)[O-])cc2)c2c(-c3ccccc3)csc2n1. The Morgan fingerprint density at radius 2 is 1.84 bits per heavy atom. The number of aliphatic hydroxyl groups excluding tert-OH is 2. The summed E-state index contributed by atoms with van der Waals surface area (Å²) in [4.78, 5) is 20.2. The van der Waals surface area contributed by atoms with Gasteiger partial charge in [0.1, 0.15) is 22.6 Å². The Labute approximate surface area is 182 Å². The predicted molar refractivity (Wildman–Crippen MR) is 120 cm³/mol. The Morgan fingerprint density at radius 1 is 1.13 bits per heavy atom. The number of nitrogens with zero attached hydrogens (tertiary/aromatic N) is 3. The van der Waals surface area contributed by atoms with Crippen LogP contribution in [0.2, 0.25) is 0 Å². The van der Waals surface area contributed by atoms with E-state index in [9.17, 15) is 20.3 Å². The van der Waals surface area contributed by atoms with Crippen molar-refractivity contribution in [2.24, 2.45) is 0 Å². The molecule has 2 unspecified atom stereocenters. The van der Waals surface area contributed by atoms with Crippen LogP contribution in [0.15, 0.2) is 60.0 Å². The molecule has 0 radical (unpaired) electrons. The van der Waals surface area contributed by atoms with Crippen molar-refractivity contribution < 1.29 is 15.1 Å². The van der Waals surface area contributed by atoms with Gasteiger partial charge < -0.3 is 15.5 Å². The highest BCUT2D eigenvalue weighted by molar-refractivity contribution is 7.17. The van der Waals surface area contributed by atoms with Gasteiger partial charge in [0.2, 0.25) is 0 Å². The number of nitro groups is 1. The van der Waals surface area contributed by atoms with Crippen molar-refractivity contribution in [3.63, 3.8) is 0 Å². The second-order valence-electron chi connectivity index (χ2n) is 7.04. The zero-order valence-corrected chi connectivity index (χ0v) is 17.4. The lowest BCUT2D eigenvalue weighted by molar-refractivity contribution is -0.384. The van der Waals surface area contributed by atoms with E-state index in [-0.39, 0.29) is 12.3 Å². The molecule has 0 amide bonds. The fourth-order valence-electron chi connectivity index (χ4n) is 3.41. The number of benzene rings is 2. The van der Waals surface area contributed by atoms with Crippen LogP contribution in [0.25, 0.3) is 21.3 Å². The Morgan fingerprint density at radius 3 is 2.48 bits per heavy atom. The molecule has 9 heteroatoms. The average molecular weight is 436 g/mol. The summed E-state index contributed by atoms with van der Waals surface area (Å²) in [7, 11) is 0. The molecule has 3 N–H and O–H groups in total. The smallest absolute Gasteiger partial charge is 0.269 e. The second kappa shape index (κ2) is 8.76. The molecule has 2 aromatic heterocycles. The number of hydrogen-bond donors (Lipinski definition) is 3. The van der Waals surface area contributed by atoms with E-state index >= 15 is 0 Å². The van der Waals surface area contributed by atoms with Gasteiger partial charge >= 0.3 is 0 Å². The van der Waals surface area contributed by atoms with Gasteiger partial charge in [0.25, 0.3) is 5.69 Å². The molecular formula is C22H20N4O4S. The van der Waals surface area contributed by atoms with Gasteiger partial charge in [0.15, 0.2) is 0 Å². The standard InChI is InChI=1S/C22H20N4O4S/c1-13-23-21(19-17(12-31-22(19)24-13)14-5-3-2-4-6-14)25-18(11-27)20(28)15-7-9-16(10-8-15)26(29)30/h2-10,12,18,20,27-28H,11H2,1H3,(H,23,24,25). The zero-order valence-electron chi connectivity index (χ0n) is 16.6. The van der Waals surface area contributed by atoms with Gasteiger partial charge in [-0.05, 0) is 30.2 Å². The van der Waals surface area contributed by atoms with E-state index in [2.05, 4.69) is 15.3 Å². The van der Waals surface area contributed by atoms with Crippen LogP contribution in [0.5, 0.6) is 0 Å². The summed E-state index contributed by atoms with van der Waals surface area (Å²) in [6.45, 7) is 1.42. The van der Waals surface area contributed by atoms with Gasteiger partial charge in [0.05, 0.1) is 23.0 Å². The van der Waals surface area contributed by atoms with E-state index in [0.29, 0.717) is 17.2 Å². The van der Waals surface area contributed by atoms with E-state index in [1.807, 2.05) is 35.7 Å². The van der Waals surface area contributed by atoms with Gasteiger partial charge in [-0.15, -0.1) is 11.3 Å². The maximum absolute atomic E-state index is 10.9. The number of non-ortho nitro benzene ring substituents is 1. The largest absolute Gasteiger partial charge is 0.394 e. The molecule has 0 aliphatic carbocycles. The van der Waals surface area contributed by atoms with Crippen molar-refractivity contribution in [3.05, 3.63) is 81.5 Å². The lowest BCUT2D eigenvalue weighted by Gasteiger charge is -2.24. The molecule has 4 aromatic rings. The monoisotopic (exact) mass is 436 g/mol. The van der Waals surface area contributed by atoms with E-state index in [1.165, 1.54) is 35.6 Å². The third-order valence-corrected chi connectivity index (χ3v) is 5.85. The lowest BCUT2D eigenvalue weighted by Crippen LogP contribution is -2.31. The van der Waals surface area contributed by atoms with Crippen LogP contribution in [-0.2, 0) is 0 Å². The Hall–Kier alpha value is -3.40. The van der Waals surface area contributed by atoms with Gasteiger partial charge in [0, 0.05) is 23.1 Å². The molecule has 0 aliphatic rings. The first-order valence-corrected chi connectivity index (χ1v) is 10.5. The number of anilines is 1. The summed E-state index contributed by atoms with van der Waals surface area (Å²) in [6.07, 6.45) is -1.10. The normalized spacial score (nSPS) is 13.1. The molecule has 158 valence electrons. The van der Waals surface area contributed by atoms with Crippen LogP contribution in [-0.4, -0.2) is 37.8 Å². The number of nitrogens with one attached hydrogen (secondary N) is 1. The summed E-state index contributed by atoms with van der Waals surface area (Å²) in [6, 6.07) is 14.7. The molecular weight excluding hydrogens is 416 g/mol. The number of nitro benzene ring substituents is 1. The van der Waals surface area contributed by atoms with E-state index in [0.717, 1.165) is 21.3 Å². The number of aromatic nitrogens is 2. The van der Waals surface area contributed by atoms with Crippen molar-refractivity contribution in [2.75, 3.05) is 11.9 Å². The van der Waals surface area contributed by atoms with Crippen molar-refractivity contribution >= 4 is 33.1 Å². The van der Waals surface area contributed by atoms with Crippen LogP contribution >= 0.6 is 11.3 Å². The molecule has 2 aromatic carbocycles. The molecule has 4 rings (SSSR count). The number of thiophene rings is 1. The number of fused-ring (bicyclic) bond motifs is 1. The minimum absolute atomic E-state index is 0.0663. The summed E-state index contributed by atoms with van der Waals surface area (Å²) in [5, 5.41) is 37.7. The minimum atomic E-state index is -1.10. The molecule has 0 bridgehead atoms. The summed E-state index contributed by atoms with van der Waals surface area (Å²) < 4.78 is 0. The molecule has 0 saturated carbocycles. The summed E-state index contributed by atoms with van der Waals surface area (Å²) in [5.74, 6) is 1.08. The summed E-state index contributed by atoms with van der Waals surface area (Å²) >= 11 is 1.50. The minimum Gasteiger partial charge on any atom is -0.394 e. The number of rotatable bonds is 7. The summed E-state index contributed by atoms with van der Waals surface area (Å²) in [5.41, 5.74) is 2.36. The molecule has 31 heavy (non-hydrogen) atoms. The Kier molecular flexibility index (Phi) is 5.90. The average Bonchev–Trinajstić information content (AvgIpc) is 3.21. The Bertz CT molecular complexity index is 1210. The van der Waals surface area contributed by atoms with Crippen LogP contribution < -0.4 is 5.32 Å². The maximum Gasteiger partial charge on any atom is 0.269 e. The highest BCUT2D eigenvalue weighted by Gasteiger charge is 2.24. The molecule has 0 spiro atoms. The number of hydrogen-bond acceptors (Lipinski definition) is 8. The highest BCUT2D eigenvalue weighted by atomic mass is 32.1. The fraction of sp³-hybridized carbons (Fsp3) is 0.182. The molecule has 2 heterocycles. The third-order valence-electron chi connectivity index (χ3n) is 4.98. The number of aliphatic hydroxyl groups is 2. The molecule has 0 saturated heterocycles. The predicted octanol–water partition coefficient (Wildman–Crippen LogP) is 4.08. The van der Waals surface area contributed by atoms with Crippen LogP contribution in [0.4, 0.5) is 11.5 Å². The van der Waals surface area contributed by atoms with E-state index in [1.54, 1.807) is 6.92 Å². The van der Waals surface area contributed by atoms with Gasteiger partial charge in [-0.3, -0.25) is 10.1 Å². The van der Waals surface area contributed by atoms with Gasteiger partial charge in [-0.25, -0.2) is 9.97 Å². The molecule has 8 nitrogen and oxygen atoms in total. The lowest BCUT2D eigenvalue weighted by atomic mass is 10.0. The van der Waals surface area contributed by atoms with E-state index < -0.39 is 17.1 Å². The highest BCUT2D eigenvalue weighted by Crippen LogP contribution is 2.37. The van der Waals surface area contributed by atoms with Gasteiger partial charge in [-0.1, -0.05) is 30.3 Å². The number of aryl methyl sites for hydroxylation is 1. The molecule has 0 fully saturated rings. The van der Waals surface area contributed by atoms with Crippen LogP contribution in [0.3, 0.4) is 0 Å². The van der Waals surface area contributed by atoms with Crippen molar-refractivity contribution in [1.29, 1.82) is 0 Å². The van der Waals surface area contributed by atoms with Crippen LogP contribution in [0, 0.1) is 17.0 Å². The van der Waals surface area contributed by atoms with Crippen LogP contribution in [0.1, 0.15) is 17.5 Å². The van der Waals surface area contributed by atoms with Crippen molar-refractivity contribution in [3.8, 4) is 11.1 Å². The molecule has 0 aliphatic heterocycles. The fourth-order valence-corrected chi connectivity index (χ4v) is 4.40. The second-order valence-corrected chi connectivity index (χ2v) is 7.90.